The van der Waals surface area contributed by atoms with Gasteiger partial charge in [0.15, 0.2) is 0 Å². The molecule has 0 fully saturated rings. The molecule has 3 aromatic rings. The average Bonchev–Trinajstić information content (AvgIpc) is 3.11. The van der Waals surface area contributed by atoms with Gasteiger partial charge in [0.25, 0.3) is 0 Å². The van der Waals surface area contributed by atoms with Gasteiger partial charge in [0.2, 0.25) is 26.6 Å². The summed E-state index contributed by atoms with van der Waals surface area (Å²) >= 11 is 5.87. The highest BCUT2D eigenvalue weighted by Gasteiger charge is 2.28. The van der Waals surface area contributed by atoms with Crippen LogP contribution in [0.4, 0.5) is 5.88 Å². The van der Waals surface area contributed by atoms with Crippen molar-refractivity contribution in [2.45, 2.75) is 16.3 Å². The summed E-state index contributed by atoms with van der Waals surface area (Å²) in [5.41, 5.74) is 0.690. The standard InChI is InChI=1S/C19H19ClN2O4S/c1-25-13-5-12-21-18-19(22-17(26-18)14-6-3-2-4-7-14)27(23,24)16-10-8-15(20)9-11-16/h2-4,6-11,21H,5,12-13H2,1H3. The van der Waals surface area contributed by atoms with Gasteiger partial charge in [-0.1, -0.05) is 29.8 Å². The molecule has 0 bridgehead atoms. The van der Waals surface area contributed by atoms with Crippen LogP contribution in [0, 0.1) is 0 Å². The van der Waals surface area contributed by atoms with E-state index in [0.717, 1.165) is 0 Å². The molecule has 0 aliphatic rings. The van der Waals surface area contributed by atoms with Gasteiger partial charge < -0.3 is 14.5 Å². The number of methoxy groups -OCH3 is 1. The monoisotopic (exact) mass is 406 g/mol. The van der Waals surface area contributed by atoms with Crippen LogP contribution in [0.3, 0.4) is 0 Å². The summed E-state index contributed by atoms with van der Waals surface area (Å²) in [5.74, 6) is 0.345. The average molecular weight is 407 g/mol. The Morgan fingerprint density at radius 3 is 2.48 bits per heavy atom. The lowest BCUT2D eigenvalue weighted by Crippen LogP contribution is -2.09. The van der Waals surface area contributed by atoms with Crippen LogP contribution in [0.15, 0.2) is 68.9 Å². The molecular weight excluding hydrogens is 388 g/mol. The number of oxazole rings is 1. The van der Waals surface area contributed by atoms with Crippen molar-refractivity contribution in [1.29, 1.82) is 0 Å². The molecule has 27 heavy (non-hydrogen) atoms. The molecule has 142 valence electrons. The number of hydrogen-bond donors (Lipinski definition) is 1. The predicted molar refractivity (Wildman–Crippen MR) is 104 cm³/mol. The number of sulfone groups is 1. The second-order valence-electron chi connectivity index (χ2n) is 5.75. The van der Waals surface area contributed by atoms with Crippen molar-refractivity contribution in [3.8, 4) is 11.5 Å². The topological polar surface area (TPSA) is 81.4 Å². The molecule has 0 amide bonds. The van der Waals surface area contributed by atoms with E-state index >= 15 is 0 Å². The number of aromatic nitrogens is 1. The largest absolute Gasteiger partial charge is 0.419 e. The summed E-state index contributed by atoms with van der Waals surface area (Å²) in [6.45, 7) is 1.03. The molecule has 0 radical (unpaired) electrons. The quantitative estimate of drug-likeness (QED) is 0.562. The van der Waals surface area contributed by atoms with Crippen LogP contribution in [0.25, 0.3) is 11.5 Å². The minimum Gasteiger partial charge on any atom is -0.419 e. The van der Waals surface area contributed by atoms with Crippen LogP contribution in [0.5, 0.6) is 0 Å². The number of anilines is 1. The summed E-state index contributed by atoms with van der Waals surface area (Å²) < 4.78 is 36.9. The molecule has 1 N–H and O–H groups in total. The highest BCUT2D eigenvalue weighted by molar-refractivity contribution is 7.91. The Morgan fingerprint density at radius 1 is 1.11 bits per heavy atom. The maximum Gasteiger partial charge on any atom is 0.233 e. The Balaban J connectivity index is 2.00. The smallest absolute Gasteiger partial charge is 0.233 e. The van der Waals surface area contributed by atoms with E-state index in [4.69, 9.17) is 20.8 Å². The summed E-state index contributed by atoms with van der Waals surface area (Å²) in [5, 5.41) is 3.31. The fourth-order valence-electron chi connectivity index (χ4n) is 2.45. The third-order valence-corrected chi connectivity index (χ3v) is 5.74. The van der Waals surface area contributed by atoms with Crippen molar-refractivity contribution in [3.63, 3.8) is 0 Å². The van der Waals surface area contributed by atoms with Gasteiger partial charge in [-0.25, -0.2) is 8.42 Å². The van der Waals surface area contributed by atoms with E-state index in [2.05, 4.69) is 10.3 Å². The molecule has 0 spiro atoms. The van der Waals surface area contributed by atoms with Crippen molar-refractivity contribution >= 4 is 27.3 Å². The van der Waals surface area contributed by atoms with Crippen molar-refractivity contribution in [3.05, 3.63) is 59.6 Å². The van der Waals surface area contributed by atoms with E-state index in [1.807, 2.05) is 18.2 Å². The van der Waals surface area contributed by atoms with Gasteiger partial charge in [-0.3, -0.25) is 0 Å². The van der Waals surface area contributed by atoms with Gasteiger partial charge in [-0.05, 0) is 42.8 Å². The Hall–Kier alpha value is -2.35. The number of nitrogens with one attached hydrogen (secondary N) is 1. The van der Waals surface area contributed by atoms with Crippen LogP contribution in [-0.4, -0.2) is 33.7 Å². The minimum absolute atomic E-state index is 0.0970. The first-order valence-electron chi connectivity index (χ1n) is 8.32. The highest BCUT2D eigenvalue weighted by Crippen LogP contribution is 2.32. The lowest BCUT2D eigenvalue weighted by atomic mass is 10.2. The first-order chi connectivity index (χ1) is 13.0. The Labute approximate surface area is 163 Å². The molecule has 1 aromatic heterocycles. The second kappa shape index (κ2) is 8.56. The normalized spacial score (nSPS) is 11.5. The van der Waals surface area contributed by atoms with Crippen LogP contribution in [0.2, 0.25) is 5.02 Å². The predicted octanol–water partition coefficient (Wildman–Crippen LogP) is 4.28. The minimum atomic E-state index is -3.87. The van der Waals surface area contributed by atoms with Crippen molar-refractivity contribution < 1.29 is 17.6 Å². The number of hydrogen-bond acceptors (Lipinski definition) is 6. The number of benzene rings is 2. The lowest BCUT2D eigenvalue weighted by molar-refractivity contribution is 0.197. The molecule has 0 aliphatic carbocycles. The van der Waals surface area contributed by atoms with Gasteiger partial charge in [0.1, 0.15) is 0 Å². The summed E-state index contributed by atoms with van der Waals surface area (Å²) in [6, 6.07) is 15.1. The Kier molecular flexibility index (Phi) is 6.15. The Bertz CT molecular complexity index is 986. The highest BCUT2D eigenvalue weighted by atomic mass is 35.5. The number of nitrogens with zero attached hydrogens (tertiary/aromatic N) is 1. The molecule has 0 saturated heterocycles. The maximum absolute atomic E-state index is 13.1. The van der Waals surface area contributed by atoms with E-state index in [-0.39, 0.29) is 21.7 Å². The van der Waals surface area contributed by atoms with Gasteiger partial charge >= 0.3 is 0 Å². The molecule has 3 rings (SSSR count). The van der Waals surface area contributed by atoms with Crippen LogP contribution in [-0.2, 0) is 14.6 Å². The number of rotatable bonds is 8. The van der Waals surface area contributed by atoms with Gasteiger partial charge in [0, 0.05) is 30.8 Å². The zero-order chi connectivity index (χ0) is 19.3. The zero-order valence-corrected chi connectivity index (χ0v) is 16.3. The first kappa shape index (κ1) is 19.4. The van der Waals surface area contributed by atoms with Gasteiger partial charge in [-0.2, -0.15) is 4.98 Å². The van der Waals surface area contributed by atoms with E-state index in [9.17, 15) is 8.42 Å². The van der Waals surface area contributed by atoms with Gasteiger partial charge in [0.05, 0.1) is 4.90 Å². The third kappa shape index (κ3) is 4.50. The zero-order valence-electron chi connectivity index (χ0n) is 14.7. The molecule has 6 nitrogen and oxygen atoms in total. The number of halogens is 1. The molecule has 0 unspecified atom stereocenters. The molecule has 0 aliphatic heterocycles. The Morgan fingerprint density at radius 2 is 1.81 bits per heavy atom. The molecule has 2 aromatic carbocycles. The van der Waals surface area contributed by atoms with Crippen LogP contribution >= 0.6 is 11.6 Å². The molecular formula is C19H19ClN2O4S. The fourth-order valence-corrected chi connectivity index (χ4v) is 3.85. The molecule has 0 saturated carbocycles. The van der Waals surface area contributed by atoms with Crippen molar-refractivity contribution in [1.82, 2.24) is 4.98 Å². The van der Waals surface area contributed by atoms with E-state index in [1.165, 1.54) is 24.3 Å². The molecule has 0 atom stereocenters. The fraction of sp³-hybridized carbons (Fsp3) is 0.211. The number of ether oxygens (including phenoxy) is 1. The molecule has 8 heteroatoms. The van der Waals surface area contributed by atoms with E-state index in [0.29, 0.717) is 30.2 Å². The lowest BCUT2D eigenvalue weighted by Gasteiger charge is -2.06. The maximum atomic E-state index is 13.1. The van der Waals surface area contributed by atoms with E-state index in [1.54, 1.807) is 19.2 Å². The molecule has 1 heterocycles. The summed E-state index contributed by atoms with van der Waals surface area (Å²) in [4.78, 5) is 4.37. The van der Waals surface area contributed by atoms with Gasteiger partial charge in [-0.15, -0.1) is 0 Å². The SMILES string of the molecule is COCCCNc1oc(-c2ccccc2)nc1S(=O)(=O)c1ccc(Cl)cc1. The van der Waals surface area contributed by atoms with Crippen molar-refractivity contribution in [2.75, 3.05) is 25.6 Å². The second-order valence-corrected chi connectivity index (χ2v) is 8.05. The summed E-state index contributed by atoms with van der Waals surface area (Å²) in [6.07, 6.45) is 0.693. The van der Waals surface area contributed by atoms with Crippen LogP contribution < -0.4 is 5.32 Å². The third-order valence-electron chi connectivity index (χ3n) is 3.81. The summed E-state index contributed by atoms with van der Waals surface area (Å²) in [7, 11) is -2.26. The van der Waals surface area contributed by atoms with Crippen LogP contribution in [0.1, 0.15) is 6.42 Å². The van der Waals surface area contributed by atoms with Crippen molar-refractivity contribution in [2.24, 2.45) is 0 Å². The van der Waals surface area contributed by atoms with E-state index < -0.39 is 9.84 Å². The first-order valence-corrected chi connectivity index (χ1v) is 10.2.